The number of fused-ring (bicyclic) bond motifs is 2. The normalized spacial score (nSPS) is 15.3. The van der Waals surface area contributed by atoms with E-state index in [2.05, 4.69) is 40.1 Å². The highest BCUT2D eigenvalue weighted by atomic mass is 16.6. The minimum absolute atomic E-state index is 0.0102. The van der Waals surface area contributed by atoms with Gasteiger partial charge in [0.05, 0.1) is 29.1 Å². The molecule has 0 saturated carbocycles. The topological polar surface area (TPSA) is 113 Å². The van der Waals surface area contributed by atoms with E-state index in [1.807, 2.05) is 37.0 Å². The highest BCUT2D eigenvalue weighted by Gasteiger charge is 2.39. The number of nitro benzene ring substituents is 1. The first-order valence-electron chi connectivity index (χ1n) is 13.2. The van der Waals surface area contributed by atoms with E-state index in [4.69, 9.17) is 9.72 Å². The SMILES string of the molecule is COc1cc(N(C)CCN(C)C)c([N+](=O)[O-])cc1Nc1cc(N2CC(C)(C)c3nc4c(cc32)CCC4)ncn1. The Labute approximate surface area is 229 Å². The van der Waals surface area contributed by atoms with Crippen LogP contribution in [0.3, 0.4) is 0 Å². The van der Waals surface area contributed by atoms with Gasteiger partial charge in [0.2, 0.25) is 0 Å². The van der Waals surface area contributed by atoms with Gasteiger partial charge in [-0.1, -0.05) is 13.8 Å². The van der Waals surface area contributed by atoms with Crippen LogP contribution in [0, 0.1) is 10.1 Å². The minimum atomic E-state index is -0.369. The van der Waals surface area contributed by atoms with E-state index in [-0.39, 0.29) is 16.0 Å². The van der Waals surface area contributed by atoms with Gasteiger partial charge < -0.3 is 24.8 Å². The molecule has 5 rings (SSSR count). The van der Waals surface area contributed by atoms with Crippen LogP contribution in [0.25, 0.3) is 0 Å². The van der Waals surface area contributed by atoms with Gasteiger partial charge in [-0.15, -0.1) is 0 Å². The Kier molecular flexibility index (Phi) is 7.02. The van der Waals surface area contributed by atoms with Gasteiger partial charge in [0.15, 0.2) is 0 Å². The zero-order chi connectivity index (χ0) is 27.9. The summed E-state index contributed by atoms with van der Waals surface area (Å²) >= 11 is 0. The van der Waals surface area contributed by atoms with Crippen molar-refractivity contribution in [3.63, 3.8) is 0 Å². The van der Waals surface area contributed by atoms with Crippen LogP contribution in [-0.2, 0) is 18.3 Å². The molecule has 0 saturated heterocycles. The zero-order valence-electron chi connectivity index (χ0n) is 23.5. The Morgan fingerprint density at radius 1 is 1.13 bits per heavy atom. The third-order valence-corrected chi connectivity index (χ3v) is 7.50. The van der Waals surface area contributed by atoms with Crippen LogP contribution in [-0.4, -0.2) is 72.7 Å². The third-order valence-electron chi connectivity index (χ3n) is 7.50. The predicted molar refractivity (Wildman–Crippen MR) is 153 cm³/mol. The second kappa shape index (κ2) is 10.3. The molecule has 3 aromatic rings. The van der Waals surface area contributed by atoms with Gasteiger partial charge in [-0.25, -0.2) is 9.97 Å². The molecule has 1 N–H and O–H groups in total. The minimum Gasteiger partial charge on any atom is -0.494 e. The molecule has 0 bridgehead atoms. The van der Waals surface area contributed by atoms with Gasteiger partial charge in [0.25, 0.3) is 5.69 Å². The lowest BCUT2D eigenvalue weighted by atomic mass is 9.91. The largest absolute Gasteiger partial charge is 0.494 e. The molecule has 11 nitrogen and oxygen atoms in total. The number of likely N-dealkylation sites (N-methyl/N-ethyl adjacent to an activating group) is 2. The number of hydrogen-bond acceptors (Lipinski definition) is 10. The molecule has 1 aliphatic carbocycles. The van der Waals surface area contributed by atoms with Crippen molar-refractivity contribution in [2.24, 2.45) is 0 Å². The van der Waals surface area contributed by atoms with Crippen LogP contribution in [0.2, 0.25) is 0 Å². The number of aromatic nitrogens is 3. The molecule has 1 aliphatic heterocycles. The lowest BCUT2D eigenvalue weighted by Crippen LogP contribution is -2.29. The fourth-order valence-electron chi connectivity index (χ4n) is 5.37. The van der Waals surface area contributed by atoms with E-state index in [1.54, 1.807) is 13.2 Å². The Hall–Kier alpha value is -3.99. The molecule has 2 aliphatic rings. The van der Waals surface area contributed by atoms with E-state index in [1.165, 1.54) is 23.7 Å². The molecule has 2 aromatic heterocycles. The van der Waals surface area contributed by atoms with Crippen LogP contribution < -0.4 is 19.9 Å². The molecule has 11 heteroatoms. The van der Waals surface area contributed by atoms with Gasteiger partial charge in [-0.05, 0) is 45.0 Å². The summed E-state index contributed by atoms with van der Waals surface area (Å²) in [5, 5.41) is 15.3. The van der Waals surface area contributed by atoms with Gasteiger partial charge in [0, 0.05) is 56.0 Å². The van der Waals surface area contributed by atoms with Crippen LogP contribution in [0.1, 0.15) is 37.2 Å². The molecule has 0 atom stereocenters. The van der Waals surface area contributed by atoms with Crippen molar-refractivity contribution in [2.75, 3.05) is 63.0 Å². The van der Waals surface area contributed by atoms with Gasteiger partial charge in [0.1, 0.15) is 29.4 Å². The maximum absolute atomic E-state index is 12.0. The first kappa shape index (κ1) is 26.6. The molecule has 0 fully saturated rings. The van der Waals surface area contributed by atoms with E-state index in [9.17, 15) is 10.1 Å². The number of benzene rings is 1. The van der Waals surface area contributed by atoms with Gasteiger partial charge in [-0.2, -0.15) is 0 Å². The lowest BCUT2D eigenvalue weighted by Gasteiger charge is -2.23. The van der Waals surface area contributed by atoms with Crippen molar-refractivity contribution in [3.8, 4) is 5.75 Å². The molecule has 1 aromatic carbocycles. The van der Waals surface area contributed by atoms with Crippen molar-refractivity contribution >= 4 is 34.4 Å². The number of pyridine rings is 1. The smallest absolute Gasteiger partial charge is 0.294 e. The maximum atomic E-state index is 12.0. The van der Waals surface area contributed by atoms with Crippen molar-refractivity contribution < 1.29 is 9.66 Å². The van der Waals surface area contributed by atoms with E-state index in [0.717, 1.165) is 49.6 Å². The Morgan fingerprint density at radius 2 is 1.92 bits per heavy atom. The Morgan fingerprint density at radius 3 is 2.64 bits per heavy atom. The Bertz CT molecular complexity index is 1410. The summed E-state index contributed by atoms with van der Waals surface area (Å²) in [7, 11) is 7.33. The summed E-state index contributed by atoms with van der Waals surface area (Å²) in [4.78, 5) is 31.8. The number of rotatable bonds is 9. The molecule has 0 unspecified atom stereocenters. The average Bonchev–Trinajstić information content (AvgIpc) is 3.47. The highest BCUT2D eigenvalue weighted by molar-refractivity contribution is 5.78. The third kappa shape index (κ3) is 5.18. The zero-order valence-corrected chi connectivity index (χ0v) is 23.5. The molecule has 0 radical (unpaired) electrons. The number of nitro groups is 1. The fourth-order valence-corrected chi connectivity index (χ4v) is 5.37. The summed E-state index contributed by atoms with van der Waals surface area (Å²) in [5.41, 5.74) is 5.54. The fraction of sp³-hybridized carbons (Fsp3) is 0.464. The Balaban J connectivity index is 1.46. The summed E-state index contributed by atoms with van der Waals surface area (Å²) < 4.78 is 5.63. The van der Waals surface area contributed by atoms with Crippen LogP contribution in [0.5, 0.6) is 5.75 Å². The second-order valence-electron chi connectivity index (χ2n) is 11.2. The van der Waals surface area contributed by atoms with Crippen LogP contribution in [0.4, 0.5) is 34.4 Å². The van der Waals surface area contributed by atoms with Crippen LogP contribution >= 0.6 is 0 Å². The molecule has 3 heterocycles. The molecular weight excluding hydrogens is 496 g/mol. The number of hydrogen-bond donors (Lipinski definition) is 1. The van der Waals surface area contributed by atoms with Crippen LogP contribution in [0.15, 0.2) is 30.6 Å². The molecular formula is C28H36N8O3. The maximum Gasteiger partial charge on any atom is 0.294 e. The second-order valence-corrected chi connectivity index (χ2v) is 11.2. The first-order chi connectivity index (χ1) is 18.6. The number of anilines is 5. The summed E-state index contributed by atoms with van der Waals surface area (Å²) in [6.45, 7) is 6.56. The molecule has 206 valence electrons. The van der Waals surface area contributed by atoms with Gasteiger partial charge >= 0.3 is 0 Å². The van der Waals surface area contributed by atoms with E-state index in [0.29, 0.717) is 29.5 Å². The quantitative estimate of drug-likeness (QED) is 0.313. The van der Waals surface area contributed by atoms with Crippen molar-refractivity contribution in [2.45, 2.75) is 38.5 Å². The average molecular weight is 533 g/mol. The molecule has 0 amide bonds. The van der Waals surface area contributed by atoms with Crippen molar-refractivity contribution in [1.82, 2.24) is 19.9 Å². The predicted octanol–water partition coefficient (Wildman–Crippen LogP) is 4.45. The summed E-state index contributed by atoms with van der Waals surface area (Å²) in [6, 6.07) is 7.33. The number of methoxy groups -OCH3 is 1. The molecule has 39 heavy (non-hydrogen) atoms. The standard InChI is InChI=1S/C28H36N8O3/c1-28(2)16-35(23-12-18-8-7-9-19(18)32-27(23)28)26-15-25(29-17-30-26)31-20-13-22(36(37)38)21(14-24(20)39-6)34(5)11-10-33(3)4/h12-15,17H,7-11,16H2,1-6H3,(H,29,30,31). The van der Waals surface area contributed by atoms with Crippen molar-refractivity contribution in [3.05, 3.63) is 57.7 Å². The first-order valence-corrected chi connectivity index (χ1v) is 13.2. The lowest BCUT2D eigenvalue weighted by molar-refractivity contribution is -0.384. The van der Waals surface area contributed by atoms with E-state index < -0.39 is 0 Å². The number of ether oxygens (including phenoxy) is 1. The van der Waals surface area contributed by atoms with E-state index >= 15 is 0 Å². The highest BCUT2D eigenvalue weighted by Crippen LogP contribution is 2.45. The monoisotopic (exact) mass is 532 g/mol. The number of aryl methyl sites for hydroxylation is 2. The van der Waals surface area contributed by atoms with Crippen molar-refractivity contribution in [1.29, 1.82) is 0 Å². The summed E-state index contributed by atoms with van der Waals surface area (Å²) in [6.07, 6.45) is 4.75. The molecule has 0 spiro atoms. The number of nitrogens with zero attached hydrogens (tertiary/aromatic N) is 7. The van der Waals surface area contributed by atoms with Gasteiger partial charge in [-0.3, -0.25) is 15.1 Å². The number of nitrogens with one attached hydrogen (secondary N) is 1. The summed E-state index contributed by atoms with van der Waals surface area (Å²) in [5.74, 6) is 1.74.